The molecule has 0 spiro atoms. The Balaban J connectivity index is 2.32. The third-order valence-corrected chi connectivity index (χ3v) is 2.31. The molecule has 1 atom stereocenters. The summed E-state index contributed by atoms with van der Waals surface area (Å²) in [6, 6.07) is 5.63. The van der Waals surface area contributed by atoms with Crippen LogP contribution in [0.25, 0.3) is 0 Å². The molecule has 0 aromatic carbocycles. The molecular formula is C12H12N2O. The Morgan fingerprint density at radius 1 is 1.40 bits per heavy atom. The predicted molar refractivity (Wildman–Crippen MR) is 57.8 cm³/mol. The fourth-order valence-corrected chi connectivity index (χ4v) is 1.59. The summed E-state index contributed by atoms with van der Waals surface area (Å²) in [6.45, 7) is 1.56. The second-order valence-electron chi connectivity index (χ2n) is 3.35. The number of nitrogens with zero attached hydrogens (tertiary/aromatic N) is 2. The molecule has 0 bridgehead atoms. The topological polar surface area (TPSA) is 33.2 Å². The molecule has 1 unspecified atom stereocenters. The van der Waals surface area contributed by atoms with Crippen molar-refractivity contribution in [1.29, 1.82) is 0 Å². The van der Waals surface area contributed by atoms with Crippen LogP contribution in [0.2, 0.25) is 0 Å². The van der Waals surface area contributed by atoms with Crippen LogP contribution in [0.4, 0.5) is 0 Å². The highest BCUT2D eigenvalue weighted by atomic mass is 16.2. The number of amides is 1. The fourth-order valence-electron chi connectivity index (χ4n) is 1.59. The Morgan fingerprint density at radius 3 is 2.93 bits per heavy atom. The standard InChI is InChI=1S/C12H12N2O/c1-10(15)14-9-5-3-7-12(14)11-6-2-4-8-13-11/h2-9,12H,1H3. The summed E-state index contributed by atoms with van der Waals surface area (Å²) in [5.41, 5.74) is 0.883. The van der Waals surface area contributed by atoms with Crippen molar-refractivity contribution < 1.29 is 4.79 Å². The van der Waals surface area contributed by atoms with E-state index in [4.69, 9.17) is 0 Å². The molecule has 1 amide bonds. The van der Waals surface area contributed by atoms with E-state index in [1.807, 2.05) is 36.4 Å². The molecule has 0 radical (unpaired) electrons. The predicted octanol–water partition coefficient (Wildman–Crippen LogP) is 2.05. The van der Waals surface area contributed by atoms with Crippen LogP contribution in [0.5, 0.6) is 0 Å². The second kappa shape index (κ2) is 4.09. The maximum atomic E-state index is 11.4. The number of hydrogen-bond acceptors (Lipinski definition) is 2. The van der Waals surface area contributed by atoms with Gasteiger partial charge >= 0.3 is 0 Å². The maximum absolute atomic E-state index is 11.4. The summed E-state index contributed by atoms with van der Waals surface area (Å²) in [7, 11) is 0. The molecule has 15 heavy (non-hydrogen) atoms. The number of carbonyl (C=O) groups is 1. The van der Waals surface area contributed by atoms with Crippen LogP contribution >= 0.6 is 0 Å². The van der Waals surface area contributed by atoms with E-state index in [2.05, 4.69) is 4.98 Å². The third kappa shape index (κ3) is 1.96. The van der Waals surface area contributed by atoms with Crippen LogP contribution in [0.3, 0.4) is 0 Å². The van der Waals surface area contributed by atoms with E-state index in [1.54, 1.807) is 24.2 Å². The first-order valence-electron chi connectivity index (χ1n) is 4.84. The first-order chi connectivity index (χ1) is 7.29. The summed E-state index contributed by atoms with van der Waals surface area (Å²) < 4.78 is 0. The van der Waals surface area contributed by atoms with E-state index in [1.165, 1.54) is 0 Å². The zero-order valence-corrected chi connectivity index (χ0v) is 8.50. The van der Waals surface area contributed by atoms with Gasteiger partial charge in [-0.25, -0.2) is 0 Å². The smallest absolute Gasteiger partial charge is 0.224 e. The minimum absolute atomic E-state index is 0.0197. The Bertz CT molecular complexity index is 409. The molecule has 2 heterocycles. The summed E-state index contributed by atoms with van der Waals surface area (Å²) >= 11 is 0. The quantitative estimate of drug-likeness (QED) is 0.695. The second-order valence-corrected chi connectivity index (χ2v) is 3.35. The lowest BCUT2D eigenvalue weighted by Gasteiger charge is -2.26. The van der Waals surface area contributed by atoms with Gasteiger partial charge in [-0.1, -0.05) is 18.2 Å². The largest absolute Gasteiger partial charge is 0.307 e. The van der Waals surface area contributed by atoms with Gasteiger partial charge in [-0.15, -0.1) is 0 Å². The summed E-state index contributed by atoms with van der Waals surface area (Å²) in [5, 5.41) is 0. The lowest BCUT2D eigenvalue weighted by Crippen LogP contribution is -2.28. The van der Waals surface area contributed by atoms with Crippen molar-refractivity contribution in [1.82, 2.24) is 9.88 Å². The van der Waals surface area contributed by atoms with Gasteiger partial charge in [-0.3, -0.25) is 9.78 Å². The van der Waals surface area contributed by atoms with Crippen molar-refractivity contribution in [2.45, 2.75) is 13.0 Å². The molecule has 0 aliphatic carbocycles. The number of allylic oxidation sites excluding steroid dienone is 2. The SMILES string of the molecule is CC(=O)N1C=CC=CC1c1ccccn1. The zero-order chi connectivity index (χ0) is 10.7. The molecular weight excluding hydrogens is 188 g/mol. The van der Waals surface area contributed by atoms with Gasteiger partial charge < -0.3 is 4.90 Å². The molecule has 1 aliphatic rings. The Kier molecular flexibility index (Phi) is 2.63. The monoisotopic (exact) mass is 200 g/mol. The van der Waals surface area contributed by atoms with Crippen molar-refractivity contribution in [3.63, 3.8) is 0 Å². The van der Waals surface area contributed by atoms with Crippen molar-refractivity contribution in [2.75, 3.05) is 0 Å². The summed E-state index contributed by atoms with van der Waals surface area (Å²) in [4.78, 5) is 17.3. The Labute approximate surface area is 88.7 Å². The third-order valence-electron chi connectivity index (χ3n) is 2.31. The minimum Gasteiger partial charge on any atom is -0.307 e. The molecule has 0 N–H and O–H groups in total. The van der Waals surface area contributed by atoms with Gasteiger partial charge in [0.15, 0.2) is 0 Å². The Morgan fingerprint density at radius 2 is 2.27 bits per heavy atom. The molecule has 1 aromatic heterocycles. The fraction of sp³-hybridized carbons (Fsp3) is 0.167. The van der Waals surface area contributed by atoms with E-state index >= 15 is 0 Å². The number of rotatable bonds is 1. The van der Waals surface area contributed by atoms with Crippen LogP contribution in [0.1, 0.15) is 18.7 Å². The summed E-state index contributed by atoms with van der Waals surface area (Å²) in [5.74, 6) is 0.0197. The highest BCUT2D eigenvalue weighted by Gasteiger charge is 2.20. The van der Waals surface area contributed by atoms with Crippen LogP contribution in [-0.4, -0.2) is 15.8 Å². The molecule has 0 saturated carbocycles. The first kappa shape index (κ1) is 9.65. The van der Waals surface area contributed by atoms with Crippen LogP contribution < -0.4 is 0 Å². The molecule has 2 rings (SSSR count). The van der Waals surface area contributed by atoms with Gasteiger partial charge in [0.2, 0.25) is 5.91 Å². The molecule has 1 aliphatic heterocycles. The highest BCUT2D eigenvalue weighted by Crippen LogP contribution is 2.23. The molecule has 0 fully saturated rings. The van der Waals surface area contributed by atoms with Gasteiger partial charge in [0.25, 0.3) is 0 Å². The van der Waals surface area contributed by atoms with Gasteiger partial charge in [-0.2, -0.15) is 0 Å². The first-order valence-corrected chi connectivity index (χ1v) is 4.84. The van der Waals surface area contributed by atoms with E-state index in [-0.39, 0.29) is 11.9 Å². The lowest BCUT2D eigenvalue weighted by atomic mass is 10.1. The lowest BCUT2D eigenvalue weighted by molar-refractivity contribution is -0.127. The normalized spacial score (nSPS) is 19.3. The van der Waals surface area contributed by atoms with E-state index in [0.717, 1.165) is 5.69 Å². The van der Waals surface area contributed by atoms with Crippen LogP contribution in [-0.2, 0) is 4.79 Å². The number of hydrogen-bond donors (Lipinski definition) is 0. The van der Waals surface area contributed by atoms with Crippen LogP contribution in [0, 0.1) is 0 Å². The van der Waals surface area contributed by atoms with Gasteiger partial charge in [-0.05, 0) is 18.2 Å². The van der Waals surface area contributed by atoms with E-state index < -0.39 is 0 Å². The molecule has 1 aromatic rings. The van der Waals surface area contributed by atoms with E-state index in [0.29, 0.717) is 0 Å². The van der Waals surface area contributed by atoms with Crippen molar-refractivity contribution in [2.24, 2.45) is 0 Å². The number of pyridine rings is 1. The Hall–Kier alpha value is -1.90. The van der Waals surface area contributed by atoms with Crippen molar-refractivity contribution >= 4 is 5.91 Å². The van der Waals surface area contributed by atoms with Crippen LogP contribution in [0.15, 0.2) is 48.8 Å². The molecule has 0 saturated heterocycles. The maximum Gasteiger partial charge on any atom is 0.224 e. The van der Waals surface area contributed by atoms with Gasteiger partial charge in [0.1, 0.15) is 0 Å². The molecule has 3 nitrogen and oxygen atoms in total. The van der Waals surface area contributed by atoms with Gasteiger partial charge in [0.05, 0.1) is 11.7 Å². The van der Waals surface area contributed by atoms with Crippen molar-refractivity contribution in [3.05, 3.63) is 54.5 Å². The minimum atomic E-state index is -0.0753. The summed E-state index contributed by atoms with van der Waals surface area (Å²) in [6.07, 6.45) is 9.25. The van der Waals surface area contributed by atoms with E-state index in [9.17, 15) is 4.79 Å². The molecule has 3 heteroatoms. The number of aromatic nitrogens is 1. The average Bonchev–Trinajstić information content (AvgIpc) is 2.30. The zero-order valence-electron chi connectivity index (χ0n) is 8.50. The van der Waals surface area contributed by atoms with Gasteiger partial charge in [0, 0.05) is 19.3 Å². The van der Waals surface area contributed by atoms with Crippen molar-refractivity contribution in [3.8, 4) is 0 Å². The molecule has 76 valence electrons. The average molecular weight is 200 g/mol. The highest BCUT2D eigenvalue weighted by molar-refractivity contribution is 5.75. The number of carbonyl (C=O) groups excluding carboxylic acids is 1.